The number of para-hydroxylation sites is 1. The molecule has 1 amide bonds. The maximum absolute atomic E-state index is 12.6. The highest BCUT2D eigenvalue weighted by atomic mass is 16.5. The number of rotatable bonds is 8. The van der Waals surface area contributed by atoms with Crippen molar-refractivity contribution in [2.24, 2.45) is 5.92 Å². The number of carbonyl (C=O) groups is 1. The van der Waals surface area contributed by atoms with Crippen molar-refractivity contribution in [3.05, 3.63) is 65.7 Å². The topological polar surface area (TPSA) is 38.8 Å². The second kappa shape index (κ2) is 10.3. The summed E-state index contributed by atoms with van der Waals surface area (Å²) in [5, 5.41) is 0. The molecule has 4 nitrogen and oxygen atoms in total. The molecule has 1 fully saturated rings. The Hall–Kier alpha value is -2.33. The molecule has 0 N–H and O–H groups in total. The van der Waals surface area contributed by atoms with Gasteiger partial charge in [0.2, 0.25) is 5.91 Å². The Kier molecular flexibility index (Phi) is 7.77. The predicted molar refractivity (Wildman–Crippen MR) is 125 cm³/mol. The van der Waals surface area contributed by atoms with Gasteiger partial charge in [0.05, 0.1) is 19.3 Å². The van der Waals surface area contributed by atoms with Crippen LogP contribution in [-0.2, 0) is 14.9 Å². The summed E-state index contributed by atoms with van der Waals surface area (Å²) in [7, 11) is 1.74. The fourth-order valence-corrected chi connectivity index (χ4v) is 4.94. The van der Waals surface area contributed by atoms with Crippen LogP contribution in [0, 0.1) is 5.92 Å². The maximum Gasteiger partial charge on any atom is 0.219 e. The molecular formula is C27H37NO3. The van der Waals surface area contributed by atoms with Gasteiger partial charge in [-0.3, -0.25) is 4.79 Å². The molecule has 2 aromatic carbocycles. The van der Waals surface area contributed by atoms with Crippen LogP contribution in [-0.4, -0.2) is 37.2 Å². The van der Waals surface area contributed by atoms with E-state index in [0.717, 1.165) is 37.2 Å². The molecule has 1 aliphatic heterocycles. The van der Waals surface area contributed by atoms with Crippen LogP contribution < -0.4 is 4.74 Å². The predicted octanol–water partition coefficient (Wildman–Crippen LogP) is 5.77. The van der Waals surface area contributed by atoms with Crippen molar-refractivity contribution >= 4 is 5.91 Å². The lowest BCUT2D eigenvalue weighted by molar-refractivity contribution is -0.131. The first kappa shape index (κ1) is 23.3. The first-order valence-corrected chi connectivity index (χ1v) is 11.4. The number of hydrogen-bond donors (Lipinski definition) is 0. The summed E-state index contributed by atoms with van der Waals surface area (Å²) in [5.41, 5.74) is 2.32. The monoisotopic (exact) mass is 423 g/mol. The lowest BCUT2D eigenvalue weighted by atomic mass is 9.68. The second-order valence-corrected chi connectivity index (χ2v) is 9.14. The van der Waals surface area contributed by atoms with Gasteiger partial charge in [-0.1, -0.05) is 62.4 Å². The van der Waals surface area contributed by atoms with Crippen LogP contribution >= 0.6 is 0 Å². The third-order valence-electron chi connectivity index (χ3n) is 6.91. The number of benzene rings is 2. The second-order valence-electron chi connectivity index (χ2n) is 9.14. The Morgan fingerprint density at radius 2 is 1.81 bits per heavy atom. The molecule has 1 saturated heterocycles. The van der Waals surface area contributed by atoms with Gasteiger partial charge in [-0.15, -0.1) is 0 Å². The first-order valence-electron chi connectivity index (χ1n) is 11.4. The van der Waals surface area contributed by atoms with Crippen LogP contribution in [0.15, 0.2) is 54.6 Å². The van der Waals surface area contributed by atoms with Gasteiger partial charge >= 0.3 is 0 Å². The molecule has 4 heteroatoms. The minimum absolute atomic E-state index is 0.0363. The molecule has 168 valence electrons. The smallest absolute Gasteiger partial charge is 0.219 e. The van der Waals surface area contributed by atoms with Crippen LogP contribution in [0.1, 0.15) is 64.1 Å². The minimum Gasteiger partial charge on any atom is -0.496 e. The quantitative estimate of drug-likeness (QED) is 0.541. The van der Waals surface area contributed by atoms with Crippen LogP contribution in [0.4, 0.5) is 0 Å². The summed E-state index contributed by atoms with van der Waals surface area (Å²) in [6.07, 6.45) is 2.96. The molecule has 0 aromatic heterocycles. The summed E-state index contributed by atoms with van der Waals surface area (Å²) in [6, 6.07) is 18.7. The summed E-state index contributed by atoms with van der Waals surface area (Å²) in [4.78, 5) is 14.7. The molecule has 3 rings (SSSR count). The third-order valence-corrected chi connectivity index (χ3v) is 6.91. The van der Waals surface area contributed by atoms with Gasteiger partial charge in [0.15, 0.2) is 0 Å². The van der Waals surface area contributed by atoms with E-state index < -0.39 is 0 Å². The molecule has 0 aliphatic carbocycles. The molecule has 1 aliphatic rings. The molecule has 31 heavy (non-hydrogen) atoms. The molecule has 0 bridgehead atoms. The van der Waals surface area contributed by atoms with Crippen LogP contribution in [0.25, 0.3) is 0 Å². The zero-order valence-corrected chi connectivity index (χ0v) is 19.6. The molecule has 0 radical (unpaired) electrons. The molecular weight excluding hydrogens is 386 g/mol. The van der Waals surface area contributed by atoms with Gasteiger partial charge in [-0.2, -0.15) is 0 Å². The fraction of sp³-hybridized carbons (Fsp3) is 0.519. The average molecular weight is 424 g/mol. The van der Waals surface area contributed by atoms with E-state index in [-0.39, 0.29) is 23.5 Å². The van der Waals surface area contributed by atoms with Crippen molar-refractivity contribution in [2.45, 2.75) is 64.5 Å². The molecule has 1 heterocycles. The van der Waals surface area contributed by atoms with Crippen molar-refractivity contribution < 1.29 is 14.3 Å². The lowest BCUT2D eigenvalue weighted by Crippen LogP contribution is -2.44. The molecule has 0 unspecified atom stereocenters. The zero-order chi connectivity index (χ0) is 22.4. The number of methoxy groups -OCH3 is 1. The highest BCUT2D eigenvalue weighted by molar-refractivity contribution is 5.73. The van der Waals surface area contributed by atoms with E-state index in [1.165, 1.54) is 5.56 Å². The van der Waals surface area contributed by atoms with E-state index in [1.807, 2.05) is 35.2 Å². The number of carbonyl (C=O) groups excluding carboxylic acids is 1. The van der Waals surface area contributed by atoms with Crippen molar-refractivity contribution in [1.29, 1.82) is 0 Å². The highest BCUT2D eigenvalue weighted by Gasteiger charge is 2.41. The number of amides is 1. The Labute approximate surface area is 187 Å². The van der Waals surface area contributed by atoms with Crippen LogP contribution in [0.5, 0.6) is 5.75 Å². The normalized spacial score (nSPS) is 22.2. The van der Waals surface area contributed by atoms with Gasteiger partial charge in [-0.05, 0) is 43.7 Å². The van der Waals surface area contributed by atoms with Crippen LogP contribution in [0.2, 0.25) is 0 Å². The number of hydrogen-bond acceptors (Lipinski definition) is 3. The SMILES string of the molecule is COc1ccccc1[C@@]1(CCN(C(C)=O)[C@H](C)c2ccccc2)CCO[C@H](C(C)C)C1. The fourth-order valence-electron chi connectivity index (χ4n) is 4.94. The summed E-state index contributed by atoms with van der Waals surface area (Å²) in [5.74, 6) is 1.48. The average Bonchev–Trinajstić information content (AvgIpc) is 2.79. The maximum atomic E-state index is 12.6. The van der Waals surface area contributed by atoms with Gasteiger partial charge in [0.1, 0.15) is 5.75 Å². The zero-order valence-electron chi connectivity index (χ0n) is 19.6. The summed E-state index contributed by atoms with van der Waals surface area (Å²) >= 11 is 0. The largest absolute Gasteiger partial charge is 0.496 e. The standard InChI is InChI=1S/C27H37NO3/c1-20(2)26-19-27(16-18-31-26,24-13-9-10-14-25(24)30-5)15-17-28(22(4)29)21(3)23-11-7-6-8-12-23/h6-14,20-21,26H,15-19H2,1-5H3/t21-,26+,27+/m1/s1. The van der Waals surface area contributed by atoms with Crippen molar-refractivity contribution in [2.75, 3.05) is 20.3 Å². The van der Waals surface area contributed by atoms with Crippen LogP contribution in [0.3, 0.4) is 0 Å². The van der Waals surface area contributed by atoms with Gasteiger partial charge in [0, 0.05) is 31.1 Å². The molecule has 3 atom stereocenters. The van der Waals surface area contributed by atoms with E-state index in [9.17, 15) is 4.79 Å². The number of nitrogens with zero attached hydrogens (tertiary/aromatic N) is 1. The highest BCUT2D eigenvalue weighted by Crippen LogP contribution is 2.45. The number of ether oxygens (including phenoxy) is 2. The van der Waals surface area contributed by atoms with Gasteiger partial charge < -0.3 is 14.4 Å². The van der Waals surface area contributed by atoms with E-state index >= 15 is 0 Å². The molecule has 0 spiro atoms. The first-order chi connectivity index (χ1) is 14.9. The van der Waals surface area contributed by atoms with E-state index in [0.29, 0.717) is 12.5 Å². The molecule has 0 saturated carbocycles. The summed E-state index contributed by atoms with van der Waals surface area (Å²) in [6.45, 7) is 9.68. The Bertz CT molecular complexity index is 851. The van der Waals surface area contributed by atoms with Gasteiger partial charge in [0.25, 0.3) is 0 Å². The Balaban J connectivity index is 1.92. The Morgan fingerprint density at radius 3 is 2.45 bits per heavy atom. The summed E-state index contributed by atoms with van der Waals surface area (Å²) < 4.78 is 11.9. The van der Waals surface area contributed by atoms with Gasteiger partial charge in [-0.25, -0.2) is 0 Å². The Morgan fingerprint density at radius 1 is 1.13 bits per heavy atom. The van der Waals surface area contributed by atoms with Crippen molar-refractivity contribution in [3.8, 4) is 5.75 Å². The van der Waals surface area contributed by atoms with E-state index in [4.69, 9.17) is 9.47 Å². The van der Waals surface area contributed by atoms with Crippen molar-refractivity contribution in [3.63, 3.8) is 0 Å². The lowest BCUT2D eigenvalue weighted by Gasteiger charge is -2.44. The third kappa shape index (κ3) is 5.30. The van der Waals surface area contributed by atoms with E-state index in [2.05, 4.69) is 45.0 Å². The molecule has 2 aromatic rings. The van der Waals surface area contributed by atoms with E-state index in [1.54, 1.807) is 14.0 Å². The minimum atomic E-state index is -0.0795. The van der Waals surface area contributed by atoms with Crippen molar-refractivity contribution in [1.82, 2.24) is 4.90 Å².